The highest BCUT2D eigenvalue weighted by atomic mass is 16.3. The summed E-state index contributed by atoms with van der Waals surface area (Å²) in [6.45, 7) is 5.19. The van der Waals surface area contributed by atoms with Gasteiger partial charge in [-0.05, 0) is 38.6 Å². The molecule has 0 aromatic carbocycles. The van der Waals surface area contributed by atoms with Crippen molar-refractivity contribution in [3.63, 3.8) is 0 Å². The van der Waals surface area contributed by atoms with E-state index in [9.17, 15) is 0 Å². The van der Waals surface area contributed by atoms with Gasteiger partial charge in [0.15, 0.2) is 0 Å². The molecule has 1 N–H and O–H groups in total. The number of aliphatic hydroxyl groups is 1. The lowest BCUT2D eigenvalue weighted by Gasteiger charge is -2.25. The van der Waals surface area contributed by atoms with E-state index in [4.69, 9.17) is 5.11 Å². The molecule has 1 aromatic rings. The molecule has 0 bridgehead atoms. The molecule has 0 radical (unpaired) electrons. The van der Waals surface area contributed by atoms with E-state index in [1.807, 2.05) is 0 Å². The molecule has 0 amide bonds. The van der Waals surface area contributed by atoms with E-state index in [1.165, 1.54) is 36.3 Å². The van der Waals surface area contributed by atoms with E-state index < -0.39 is 0 Å². The molecule has 1 saturated heterocycles. The third-order valence-corrected chi connectivity index (χ3v) is 4.66. The number of aromatic nitrogens is 2. The lowest BCUT2D eigenvalue weighted by atomic mass is 10.1. The van der Waals surface area contributed by atoms with Crippen molar-refractivity contribution in [2.75, 3.05) is 44.2 Å². The van der Waals surface area contributed by atoms with Crippen LogP contribution in [0.3, 0.4) is 0 Å². The van der Waals surface area contributed by atoms with Crippen LogP contribution in [0.25, 0.3) is 0 Å². The zero-order valence-corrected chi connectivity index (χ0v) is 12.8. The van der Waals surface area contributed by atoms with Crippen molar-refractivity contribution in [3.05, 3.63) is 17.6 Å². The largest absolute Gasteiger partial charge is 0.395 e. The van der Waals surface area contributed by atoms with E-state index in [0.29, 0.717) is 0 Å². The number of hydrogen-bond donors (Lipinski definition) is 1. The zero-order valence-electron chi connectivity index (χ0n) is 12.8. The SMILES string of the molecule is OCCN1CCCN(c2ncnc3c2CCCCC3)CC1. The first-order valence-corrected chi connectivity index (χ1v) is 8.29. The molecule has 5 nitrogen and oxygen atoms in total. The highest BCUT2D eigenvalue weighted by Crippen LogP contribution is 2.27. The molecule has 1 aromatic heterocycles. The first kappa shape index (κ1) is 14.7. The van der Waals surface area contributed by atoms with E-state index in [-0.39, 0.29) is 6.61 Å². The Bertz CT molecular complexity index is 466. The molecule has 3 rings (SSSR count). The second-order valence-electron chi connectivity index (χ2n) is 6.09. The second-order valence-corrected chi connectivity index (χ2v) is 6.09. The predicted molar refractivity (Wildman–Crippen MR) is 83.6 cm³/mol. The molecular weight excluding hydrogens is 264 g/mol. The topological polar surface area (TPSA) is 52.5 Å². The maximum Gasteiger partial charge on any atom is 0.135 e. The summed E-state index contributed by atoms with van der Waals surface area (Å²) in [6.07, 6.45) is 8.94. The molecule has 0 saturated carbocycles. The number of hydrogen-bond acceptors (Lipinski definition) is 5. The molecule has 2 heterocycles. The van der Waals surface area contributed by atoms with Gasteiger partial charge in [-0.2, -0.15) is 0 Å². The van der Waals surface area contributed by atoms with Crippen molar-refractivity contribution in [2.45, 2.75) is 38.5 Å². The van der Waals surface area contributed by atoms with E-state index in [2.05, 4.69) is 19.8 Å². The van der Waals surface area contributed by atoms with Gasteiger partial charge in [0, 0.05) is 37.4 Å². The molecule has 0 spiro atoms. The average Bonchev–Trinajstić information content (AvgIpc) is 2.87. The first-order chi connectivity index (χ1) is 10.4. The van der Waals surface area contributed by atoms with Gasteiger partial charge in [0.25, 0.3) is 0 Å². The fourth-order valence-corrected chi connectivity index (χ4v) is 3.50. The summed E-state index contributed by atoms with van der Waals surface area (Å²) in [5.41, 5.74) is 2.67. The number of fused-ring (bicyclic) bond motifs is 1. The fraction of sp³-hybridized carbons (Fsp3) is 0.750. The molecule has 2 aliphatic rings. The van der Waals surface area contributed by atoms with Crippen molar-refractivity contribution >= 4 is 5.82 Å². The van der Waals surface area contributed by atoms with Crippen LogP contribution in [0.15, 0.2) is 6.33 Å². The van der Waals surface area contributed by atoms with Crippen LogP contribution in [0.2, 0.25) is 0 Å². The first-order valence-electron chi connectivity index (χ1n) is 8.29. The van der Waals surface area contributed by atoms with Crippen LogP contribution in [0.5, 0.6) is 0 Å². The number of aliphatic hydroxyl groups excluding tert-OH is 1. The molecular formula is C16H26N4O. The summed E-state index contributed by atoms with van der Waals surface area (Å²) in [5.74, 6) is 1.17. The van der Waals surface area contributed by atoms with Crippen LogP contribution >= 0.6 is 0 Å². The van der Waals surface area contributed by atoms with E-state index in [1.54, 1.807) is 6.33 Å². The van der Waals surface area contributed by atoms with Gasteiger partial charge in [0.05, 0.1) is 6.61 Å². The number of β-amino-alcohol motifs (C(OH)–C–C–N with tert-alkyl or cyclic N) is 1. The lowest BCUT2D eigenvalue weighted by molar-refractivity contribution is 0.204. The minimum atomic E-state index is 0.253. The summed E-state index contributed by atoms with van der Waals surface area (Å²) in [7, 11) is 0. The van der Waals surface area contributed by atoms with Gasteiger partial charge < -0.3 is 10.0 Å². The smallest absolute Gasteiger partial charge is 0.135 e. The highest BCUT2D eigenvalue weighted by molar-refractivity contribution is 5.49. The molecule has 116 valence electrons. The normalized spacial score (nSPS) is 20.7. The number of nitrogens with zero attached hydrogens (tertiary/aromatic N) is 4. The Balaban J connectivity index is 1.77. The molecule has 1 fully saturated rings. The third-order valence-electron chi connectivity index (χ3n) is 4.66. The zero-order chi connectivity index (χ0) is 14.5. The van der Waals surface area contributed by atoms with Crippen molar-refractivity contribution in [1.82, 2.24) is 14.9 Å². The third kappa shape index (κ3) is 3.52. The van der Waals surface area contributed by atoms with Gasteiger partial charge in [0.1, 0.15) is 12.1 Å². The summed E-state index contributed by atoms with van der Waals surface area (Å²) >= 11 is 0. The minimum Gasteiger partial charge on any atom is -0.395 e. The Labute approximate surface area is 127 Å². The standard InChI is InChI=1S/C16H26N4O/c21-12-11-19-7-4-8-20(10-9-19)16-14-5-2-1-3-6-15(14)17-13-18-16/h13,21H,1-12H2. The van der Waals surface area contributed by atoms with Gasteiger partial charge in [-0.1, -0.05) is 6.42 Å². The molecule has 0 atom stereocenters. The van der Waals surface area contributed by atoms with Crippen LogP contribution < -0.4 is 4.90 Å². The molecule has 21 heavy (non-hydrogen) atoms. The highest BCUT2D eigenvalue weighted by Gasteiger charge is 2.21. The summed E-state index contributed by atoms with van der Waals surface area (Å²) in [5, 5.41) is 9.11. The van der Waals surface area contributed by atoms with Gasteiger partial charge in [-0.25, -0.2) is 9.97 Å². The van der Waals surface area contributed by atoms with Crippen LogP contribution in [0, 0.1) is 0 Å². The fourth-order valence-electron chi connectivity index (χ4n) is 3.50. The Morgan fingerprint density at radius 1 is 0.952 bits per heavy atom. The predicted octanol–water partition coefficient (Wildman–Crippen LogP) is 1.25. The Hall–Kier alpha value is -1.20. The summed E-state index contributed by atoms with van der Waals surface area (Å²) in [4.78, 5) is 13.9. The molecule has 1 aliphatic heterocycles. The quantitative estimate of drug-likeness (QED) is 0.849. The van der Waals surface area contributed by atoms with E-state index in [0.717, 1.165) is 52.0 Å². The number of aryl methyl sites for hydroxylation is 1. The van der Waals surface area contributed by atoms with Crippen LogP contribution in [0.1, 0.15) is 36.9 Å². The van der Waals surface area contributed by atoms with Crippen molar-refractivity contribution in [1.29, 1.82) is 0 Å². The van der Waals surface area contributed by atoms with Gasteiger partial charge in [-0.3, -0.25) is 4.90 Å². The summed E-state index contributed by atoms with van der Waals surface area (Å²) in [6, 6.07) is 0. The van der Waals surface area contributed by atoms with Crippen LogP contribution in [-0.2, 0) is 12.8 Å². The Kier molecular flexibility index (Phi) is 5.04. The van der Waals surface area contributed by atoms with Crippen molar-refractivity contribution in [3.8, 4) is 0 Å². The van der Waals surface area contributed by atoms with Gasteiger partial charge in [0.2, 0.25) is 0 Å². The lowest BCUT2D eigenvalue weighted by Crippen LogP contribution is -2.33. The maximum absolute atomic E-state index is 9.11. The Morgan fingerprint density at radius 3 is 2.76 bits per heavy atom. The van der Waals surface area contributed by atoms with Crippen molar-refractivity contribution < 1.29 is 5.11 Å². The maximum atomic E-state index is 9.11. The van der Waals surface area contributed by atoms with Gasteiger partial charge >= 0.3 is 0 Å². The van der Waals surface area contributed by atoms with Crippen LogP contribution in [-0.4, -0.2) is 59.3 Å². The molecule has 0 unspecified atom stereocenters. The Morgan fingerprint density at radius 2 is 1.86 bits per heavy atom. The minimum absolute atomic E-state index is 0.253. The molecule has 5 heteroatoms. The second kappa shape index (κ2) is 7.18. The average molecular weight is 290 g/mol. The van der Waals surface area contributed by atoms with Crippen LogP contribution in [0.4, 0.5) is 5.82 Å². The van der Waals surface area contributed by atoms with Gasteiger partial charge in [-0.15, -0.1) is 0 Å². The monoisotopic (exact) mass is 290 g/mol. The summed E-state index contributed by atoms with van der Waals surface area (Å²) < 4.78 is 0. The molecule has 1 aliphatic carbocycles. The number of anilines is 1. The number of rotatable bonds is 3. The van der Waals surface area contributed by atoms with Crippen molar-refractivity contribution in [2.24, 2.45) is 0 Å². The van der Waals surface area contributed by atoms with E-state index >= 15 is 0 Å².